The number of halogens is 1. The highest BCUT2D eigenvalue weighted by Gasteiger charge is 2.17. The zero-order valence-corrected chi connectivity index (χ0v) is 16.6. The van der Waals surface area contributed by atoms with Gasteiger partial charge in [0.05, 0.1) is 21.2 Å². The molecule has 0 aliphatic rings. The van der Waals surface area contributed by atoms with Gasteiger partial charge in [0.25, 0.3) is 15.7 Å². The van der Waals surface area contributed by atoms with Crippen molar-refractivity contribution in [3.8, 4) is 0 Å². The smallest absolute Gasteiger partial charge is 0.269 e. The zero-order valence-electron chi connectivity index (χ0n) is 15.8. The molecule has 1 N–H and O–H groups in total. The number of nitrogens with one attached hydrogen (secondary N) is 1. The number of para-hydroxylation sites is 2. The van der Waals surface area contributed by atoms with E-state index in [1.54, 1.807) is 18.2 Å². The standard InChI is InChI=1S/C21H16FN3O5S/c22-16-7-5-15(6-8-16)21(26)13-14-23-19-3-1-2-4-20(19)24-31(29,30)18-11-9-17(10-12-18)25(27)28/h1-14,24,26H/p-1. The van der Waals surface area contributed by atoms with E-state index in [4.69, 9.17) is 0 Å². The summed E-state index contributed by atoms with van der Waals surface area (Å²) in [6, 6.07) is 15.7. The van der Waals surface area contributed by atoms with E-state index in [0.29, 0.717) is 0 Å². The van der Waals surface area contributed by atoms with Gasteiger partial charge in [0.2, 0.25) is 0 Å². The summed E-state index contributed by atoms with van der Waals surface area (Å²) in [5.41, 5.74) is 0.446. The molecule has 0 bridgehead atoms. The lowest BCUT2D eigenvalue weighted by molar-refractivity contribution is -0.384. The van der Waals surface area contributed by atoms with Crippen molar-refractivity contribution in [1.82, 2.24) is 0 Å². The molecule has 0 heterocycles. The molecule has 158 valence electrons. The number of rotatable bonds is 7. The van der Waals surface area contributed by atoms with Crippen molar-refractivity contribution >= 4 is 39.1 Å². The molecule has 0 aliphatic heterocycles. The fourth-order valence-corrected chi connectivity index (χ4v) is 3.59. The normalized spacial score (nSPS) is 12.1. The Labute approximate surface area is 177 Å². The zero-order chi connectivity index (χ0) is 22.4. The summed E-state index contributed by atoms with van der Waals surface area (Å²) in [6.07, 6.45) is 2.39. The number of nitro groups is 1. The van der Waals surface area contributed by atoms with Crippen LogP contribution in [0.2, 0.25) is 0 Å². The molecule has 3 aromatic carbocycles. The van der Waals surface area contributed by atoms with Crippen LogP contribution in [0, 0.1) is 15.9 Å². The maximum atomic E-state index is 12.9. The third-order valence-corrected chi connectivity index (χ3v) is 5.46. The lowest BCUT2D eigenvalue weighted by Gasteiger charge is -2.11. The molecule has 3 aromatic rings. The van der Waals surface area contributed by atoms with E-state index in [-0.39, 0.29) is 27.5 Å². The van der Waals surface area contributed by atoms with Crippen molar-refractivity contribution in [2.24, 2.45) is 4.99 Å². The molecule has 0 aromatic heterocycles. The van der Waals surface area contributed by atoms with Gasteiger partial charge in [-0.2, -0.15) is 0 Å². The molecular weight excluding hydrogens is 425 g/mol. The predicted molar refractivity (Wildman–Crippen MR) is 113 cm³/mol. The number of aliphatic imine (C=N–C) groups is 1. The Morgan fingerprint density at radius 2 is 1.65 bits per heavy atom. The second-order valence-electron chi connectivity index (χ2n) is 6.19. The first kappa shape index (κ1) is 21.7. The van der Waals surface area contributed by atoms with Gasteiger partial charge in [0.1, 0.15) is 5.82 Å². The number of sulfonamides is 1. The second kappa shape index (κ2) is 9.18. The summed E-state index contributed by atoms with van der Waals surface area (Å²) in [7, 11) is -4.03. The first-order valence-corrected chi connectivity index (χ1v) is 10.3. The van der Waals surface area contributed by atoms with Crippen molar-refractivity contribution in [2.75, 3.05) is 4.72 Å². The van der Waals surface area contributed by atoms with Gasteiger partial charge in [0, 0.05) is 18.3 Å². The Balaban J connectivity index is 1.81. The minimum atomic E-state index is -4.03. The van der Waals surface area contributed by atoms with Crippen LogP contribution in [0.4, 0.5) is 21.5 Å². The van der Waals surface area contributed by atoms with Gasteiger partial charge < -0.3 is 5.11 Å². The number of nitrogens with zero attached hydrogens (tertiary/aromatic N) is 2. The van der Waals surface area contributed by atoms with Gasteiger partial charge >= 0.3 is 0 Å². The summed E-state index contributed by atoms with van der Waals surface area (Å²) in [5, 5.41) is 22.8. The molecular formula is C21H15FN3O5S-. The molecule has 0 spiro atoms. The minimum Gasteiger partial charge on any atom is -0.872 e. The maximum Gasteiger partial charge on any atom is 0.269 e. The number of anilines is 1. The Hall–Kier alpha value is -4.05. The molecule has 0 saturated heterocycles. The van der Waals surface area contributed by atoms with Crippen molar-refractivity contribution < 1.29 is 22.8 Å². The number of benzene rings is 3. The van der Waals surface area contributed by atoms with E-state index in [2.05, 4.69) is 9.71 Å². The number of hydrogen-bond donors (Lipinski definition) is 1. The Kier molecular flexibility index (Phi) is 6.41. The van der Waals surface area contributed by atoms with Gasteiger partial charge in [-0.15, -0.1) is 5.76 Å². The molecule has 0 fully saturated rings. The topological polar surface area (TPSA) is 125 Å². The molecule has 0 atom stereocenters. The van der Waals surface area contributed by atoms with E-state index < -0.39 is 26.5 Å². The van der Waals surface area contributed by atoms with Gasteiger partial charge in [-0.25, -0.2) is 12.8 Å². The Morgan fingerprint density at radius 3 is 2.29 bits per heavy atom. The second-order valence-corrected chi connectivity index (χ2v) is 7.87. The maximum absolute atomic E-state index is 12.9. The van der Waals surface area contributed by atoms with Crippen LogP contribution in [0.3, 0.4) is 0 Å². The van der Waals surface area contributed by atoms with E-state index in [0.717, 1.165) is 24.3 Å². The van der Waals surface area contributed by atoms with Gasteiger partial charge in [-0.05, 0) is 42.0 Å². The number of hydrogen-bond acceptors (Lipinski definition) is 6. The van der Waals surface area contributed by atoms with Crippen molar-refractivity contribution in [3.63, 3.8) is 0 Å². The number of non-ortho nitro benzene ring substituents is 1. The highest BCUT2D eigenvalue weighted by molar-refractivity contribution is 7.92. The summed E-state index contributed by atoms with van der Waals surface area (Å²) in [5.74, 6) is -0.854. The lowest BCUT2D eigenvalue weighted by atomic mass is 10.2. The van der Waals surface area contributed by atoms with E-state index in [9.17, 15) is 28.0 Å². The first-order chi connectivity index (χ1) is 14.8. The van der Waals surface area contributed by atoms with Gasteiger partial charge in [0.15, 0.2) is 0 Å². The van der Waals surface area contributed by atoms with Crippen LogP contribution in [-0.4, -0.2) is 19.6 Å². The summed E-state index contributed by atoms with van der Waals surface area (Å²) in [4.78, 5) is 14.1. The third-order valence-electron chi connectivity index (χ3n) is 4.07. The Bertz CT molecular complexity index is 1250. The molecule has 0 amide bonds. The summed E-state index contributed by atoms with van der Waals surface area (Å²) in [6.45, 7) is 0. The molecule has 0 radical (unpaired) electrons. The quantitative estimate of drug-likeness (QED) is 0.260. The van der Waals surface area contributed by atoms with Crippen LogP contribution in [0.5, 0.6) is 0 Å². The van der Waals surface area contributed by atoms with E-state index in [1.807, 2.05) is 0 Å². The summed E-state index contributed by atoms with van der Waals surface area (Å²) >= 11 is 0. The molecule has 0 aliphatic carbocycles. The molecule has 3 rings (SSSR count). The number of allylic oxidation sites excluding steroid dienone is 1. The monoisotopic (exact) mass is 440 g/mol. The van der Waals surface area contributed by atoms with Crippen molar-refractivity contribution in [2.45, 2.75) is 4.90 Å². The fourth-order valence-electron chi connectivity index (χ4n) is 2.52. The SMILES string of the molecule is O=[N+]([O-])c1ccc(S(=O)(=O)Nc2ccccc2N=CC=C([O-])c2ccc(F)cc2)cc1. The summed E-state index contributed by atoms with van der Waals surface area (Å²) < 4.78 is 40.5. The van der Waals surface area contributed by atoms with Crippen LogP contribution >= 0.6 is 0 Å². The molecule has 8 nitrogen and oxygen atoms in total. The third kappa shape index (κ3) is 5.52. The molecule has 0 saturated carbocycles. The number of nitro benzene ring substituents is 1. The van der Waals surface area contributed by atoms with E-state index in [1.165, 1.54) is 42.6 Å². The molecule has 0 unspecified atom stereocenters. The molecule has 10 heteroatoms. The van der Waals surface area contributed by atoms with Crippen LogP contribution in [0.1, 0.15) is 5.56 Å². The Morgan fingerprint density at radius 1 is 1.00 bits per heavy atom. The van der Waals surface area contributed by atoms with E-state index >= 15 is 0 Å². The highest BCUT2D eigenvalue weighted by Crippen LogP contribution is 2.27. The highest BCUT2D eigenvalue weighted by atomic mass is 32.2. The van der Waals surface area contributed by atoms with Gasteiger partial charge in [-0.1, -0.05) is 30.3 Å². The van der Waals surface area contributed by atoms with Gasteiger partial charge in [-0.3, -0.25) is 19.8 Å². The lowest BCUT2D eigenvalue weighted by Crippen LogP contribution is -2.13. The minimum absolute atomic E-state index is 0.153. The van der Waals surface area contributed by atoms with Crippen molar-refractivity contribution in [1.29, 1.82) is 0 Å². The first-order valence-electron chi connectivity index (χ1n) is 8.80. The average Bonchev–Trinajstić information content (AvgIpc) is 2.75. The van der Waals surface area contributed by atoms with Crippen molar-refractivity contribution in [3.05, 3.63) is 100 Å². The molecule has 31 heavy (non-hydrogen) atoms. The largest absolute Gasteiger partial charge is 0.872 e. The average molecular weight is 440 g/mol. The van der Waals surface area contributed by atoms with Crippen LogP contribution in [0.25, 0.3) is 5.76 Å². The predicted octanol–water partition coefficient (Wildman–Crippen LogP) is 3.64. The fraction of sp³-hybridized carbons (Fsp3) is 0. The van der Waals surface area contributed by atoms with Crippen LogP contribution in [-0.2, 0) is 10.0 Å². The van der Waals surface area contributed by atoms with Crippen LogP contribution < -0.4 is 9.83 Å². The van der Waals surface area contributed by atoms with Crippen LogP contribution in [0.15, 0.2) is 88.8 Å².